The maximum atomic E-state index is 5.69. The number of nitrogens with one attached hydrogen (secondary N) is 1. The summed E-state index contributed by atoms with van der Waals surface area (Å²) in [7, 11) is 0. The molecule has 11 heavy (non-hydrogen) atoms. The molecule has 1 rings (SSSR count). The summed E-state index contributed by atoms with van der Waals surface area (Å²) in [6, 6.07) is 0.580. The second kappa shape index (κ2) is 4.07. The van der Waals surface area contributed by atoms with E-state index in [2.05, 4.69) is 26.1 Å². The van der Waals surface area contributed by atoms with Gasteiger partial charge in [0.1, 0.15) is 0 Å². The summed E-state index contributed by atoms with van der Waals surface area (Å²) in [5.74, 6) is 0. The third kappa shape index (κ3) is 2.46. The number of rotatable bonds is 2. The normalized spacial score (nSPS) is 39.0. The van der Waals surface area contributed by atoms with Crippen molar-refractivity contribution < 1.29 is 4.74 Å². The van der Waals surface area contributed by atoms with Crippen molar-refractivity contribution in [2.24, 2.45) is 0 Å². The van der Waals surface area contributed by atoms with Gasteiger partial charge >= 0.3 is 0 Å². The Morgan fingerprint density at radius 3 is 2.64 bits per heavy atom. The van der Waals surface area contributed by atoms with Crippen molar-refractivity contribution >= 4 is 0 Å². The highest BCUT2D eigenvalue weighted by Gasteiger charge is 2.24. The molecule has 2 heteroatoms. The van der Waals surface area contributed by atoms with Crippen molar-refractivity contribution in [3.8, 4) is 0 Å². The lowest BCUT2D eigenvalue weighted by Crippen LogP contribution is -2.45. The molecular weight excluding hydrogens is 138 g/mol. The van der Waals surface area contributed by atoms with E-state index in [1.165, 1.54) is 12.8 Å². The van der Waals surface area contributed by atoms with Crippen LogP contribution in [0.4, 0.5) is 0 Å². The summed E-state index contributed by atoms with van der Waals surface area (Å²) < 4.78 is 5.69. The smallest absolute Gasteiger partial charge is 0.0703 e. The summed E-state index contributed by atoms with van der Waals surface area (Å²) in [6.07, 6.45) is 3.30. The van der Waals surface area contributed by atoms with Crippen molar-refractivity contribution in [1.82, 2.24) is 5.32 Å². The lowest BCUT2D eigenvalue weighted by molar-refractivity contribution is -0.0490. The van der Waals surface area contributed by atoms with E-state index in [0.29, 0.717) is 18.2 Å². The Kier molecular flexibility index (Phi) is 3.34. The summed E-state index contributed by atoms with van der Waals surface area (Å²) >= 11 is 0. The van der Waals surface area contributed by atoms with Gasteiger partial charge in [0.05, 0.1) is 12.2 Å². The van der Waals surface area contributed by atoms with Gasteiger partial charge in [-0.2, -0.15) is 0 Å². The van der Waals surface area contributed by atoms with E-state index in [1.54, 1.807) is 0 Å². The van der Waals surface area contributed by atoms with E-state index >= 15 is 0 Å². The molecule has 0 amide bonds. The molecule has 0 radical (unpaired) electrons. The number of hydrogen-bond acceptors (Lipinski definition) is 2. The van der Waals surface area contributed by atoms with Crippen molar-refractivity contribution in [2.45, 2.75) is 51.9 Å². The quantitative estimate of drug-likeness (QED) is 0.656. The molecule has 0 aromatic heterocycles. The lowest BCUT2D eigenvalue weighted by atomic mass is 10.0. The van der Waals surface area contributed by atoms with Crippen LogP contribution in [0.2, 0.25) is 0 Å². The minimum absolute atomic E-state index is 0.388. The van der Waals surface area contributed by atoms with Gasteiger partial charge in [-0.1, -0.05) is 6.92 Å². The van der Waals surface area contributed by atoms with Gasteiger partial charge < -0.3 is 10.1 Å². The molecule has 0 aromatic rings. The average Bonchev–Trinajstić information content (AvgIpc) is 1.95. The zero-order valence-corrected chi connectivity index (χ0v) is 7.76. The molecule has 1 aliphatic rings. The summed E-state index contributed by atoms with van der Waals surface area (Å²) in [4.78, 5) is 0. The van der Waals surface area contributed by atoms with Gasteiger partial charge in [0.25, 0.3) is 0 Å². The molecule has 1 fully saturated rings. The number of ether oxygens (including phenoxy) is 1. The van der Waals surface area contributed by atoms with Crippen molar-refractivity contribution in [1.29, 1.82) is 0 Å². The maximum absolute atomic E-state index is 5.69. The Morgan fingerprint density at radius 1 is 1.36 bits per heavy atom. The molecule has 0 bridgehead atoms. The first-order chi connectivity index (χ1) is 5.24. The van der Waals surface area contributed by atoms with Crippen LogP contribution >= 0.6 is 0 Å². The second-order valence-corrected chi connectivity index (χ2v) is 3.39. The fourth-order valence-corrected chi connectivity index (χ4v) is 1.71. The Bertz CT molecular complexity index is 116. The van der Waals surface area contributed by atoms with Crippen LogP contribution in [-0.4, -0.2) is 24.8 Å². The summed E-state index contributed by atoms with van der Waals surface area (Å²) in [5, 5.41) is 3.43. The topological polar surface area (TPSA) is 21.3 Å². The first-order valence-electron chi connectivity index (χ1n) is 4.63. The third-order valence-corrected chi connectivity index (χ3v) is 2.36. The Labute approximate surface area is 69.3 Å². The van der Waals surface area contributed by atoms with Gasteiger partial charge in [-0.05, 0) is 33.2 Å². The summed E-state index contributed by atoms with van der Waals surface area (Å²) in [5.41, 5.74) is 0. The van der Waals surface area contributed by atoms with Crippen molar-refractivity contribution in [3.05, 3.63) is 0 Å². The van der Waals surface area contributed by atoms with E-state index in [0.717, 1.165) is 6.54 Å². The molecule has 1 aliphatic heterocycles. The fourth-order valence-electron chi connectivity index (χ4n) is 1.71. The van der Waals surface area contributed by atoms with Gasteiger partial charge in [0.15, 0.2) is 0 Å². The van der Waals surface area contributed by atoms with Gasteiger partial charge in [0.2, 0.25) is 0 Å². The SMILES string of the molecule is CCNC1CCC(C)OC1C. The zero-order chi connectivity index (χ0) is 8.27. The minimum Gasteiger partial charge on any atom is -0.374 e. The predicted molar refractivity (Wildman–Crippen MR) is 46.7 cm³/mol. The van der Waals surface area contributed by atoms with E-state index < -0.39 is 0 Å². The molecule has 3 unspecified atom stereocenters. The average molecular weight is 157 g/mol. The Hall–Kier alpha value is -0.0800. The van der Waals surface area contributed by atoms with Crippen LogP contribution in [0.15, 0.2) is 0 Å². The lowest BCUT2D eigenvalue weighted by Gasteiger charge is -2.33. The van der Waals surface area contributed by atoms with Crippen LogP contribution in [0.25, 0.3) is 0 Å². The molecule has 0 spiro atoms. The van der Waals surface area contributed by atoms with Gasteiger partial charge in [-0.3, -0.25) is 0 Å². The van der Waals surface area contributed by atoms with E-state index in [4.69, 9.17) is 4.74 Å². The van der Waals surface area contributed by atoms with E-state index in [9.17, 15) is 0 Å². The maximum Gasteiger partial charge on any atom is 0.0703 e. The Balaban J connectivity index is 2.31. The highest BCUT2D eigenvalue weighted by Crippen LogP contribution is 2.18. The summed E-state index contributed by atoms with van der Waals surface area (Å²) in [6.45, 7) is 7.50. The van der Waals surface area contributed by atoms with Crippen molar-refractivity contribution in [2.75, 3.05) is 6.54 Å². The first kappa shape index (κ1) is 9.01. The number of likely N-dealkylation sites (N-methyl/N-ethyl adjacent to an activating group) is 1. The van der Waals surface area contributed by atoms with Gasteiger partial charge in [-0.25, -0.2) is 0 Å². The van der Waals surface area contributed by atoms with E-state index in [1.807, 2.05) is 0 Å². The van der Waals surface area contributed by atoms with Crippen molar-refractivity contribution in [3.63, 3.8) is 0 Å². The van der Waals surface area contributed by atoms with Crippen LogP contribution < -0.4 is 5.32 Å². The highest BCUT2D eigenvalue weighted by atomic mass is 16.5. The molecule has 1 heterocycles. The van der Waals surface area contributed by atoms with Gasteiger partial charge in [0, 0.05) is 6.04 Å². The second-order valence-electron chi connectivity index (χ2n) is 3.39. The molecule has 0 aromatic carbocycles. The fraction of sp³-hybridized carbons (Fsp3) is 1.00. The van der Waals surface area contributed by atoms with Crippen LogP contribution in [0.5, 0.6) is 0 Å². The number of hydrogen-bond donors (Lipinski definition) is 1. The molecule has 0 aliphatic carbocycles. The highest BCUT2D eigenvalue weighted by molar-refractivity contribution is 4.79. The predicted octanol–water partition coefficient (Wildman–Crippen LogP) is 1.55. The molecule has 1 N–H and O–H groups in total. The molecule has 1 saturated heterocycles. The Morgan fingerprint density at radius 2 is 2.09 bits per heavy atom. The standard InChI is InChI=1S/C9H19NO/c1-4-10-9-6-5-7(2)11-8(9)3/h7-10H,4-6H2,1-3H3. The molecular formula is C9H19NO. The minimum atomic E-state index is 0.388. The molecule has 0 saturated carbocycles. The first-order valence-corrected chi connectivity index (χ1v) is 4.63. The largest absolute Gasteiger partial charge is 0.374 e. The van der Waals surface area contributed by atoms with E-state index in [-0.39, 0.29) is 0 Å². The molecule has 3 atom stereocenters. The molecule has 66 valence electrons. The van der Waals surface area contributed by atoms with Crippen LogP contribution in [0, 0.1) is 0 Å². The molecule has 2 nitrogen and oxygen atoms in total. The monoisotopic (exact) mass is 157 g/mol. The van der Waals surface area contributed by atoms with Crippen LogP contribution in [0.3, 0.4) is 0 Å². The van der Waals surface area contributed by atoms with Crippen LogP contribution in [-0.2, 0) is 4.74 Å². The van der Waals surface area contributed by atoms with Crippen LogP contribution in [0.1, 0.15) is 33.6 Å². The zero-order valence-electron chi connectivity index (χ0n) is 7.76. The third-order valence-electron chi connectivity index (χ3n) is 2.36. The van der Waals surface area contributed by atoms with Gasteiger partial charge in [-0.15, -0.1) is 0 Å².